The molecular formula is C11H13N3O2. The Labute approximate surface area is 92.9 Å². The highest BCUT2D eigenvalue weighted by Gasteiger charge is 2.12. The van der Waals surface area contributed by atoms with Gasteiger partial charge >= 0.3 is 0 Å². The molecule has 84 valence electrons. The average molecular weight is 219 g/mol. The molecule has 0 aromatic carbocycles. The molecule has 0 spiro atoms. The first kappa shape index (κ1) is 10.5. The van der Waals surface area contributed by atoms with E-state index in [9.17, 15) is 4.79 Å². The van der Waals surface area contributed by atoms with Crippen molar-refractivity contribution < 1.29 is 9.21 Å². The van der Waals surface area contributed by atoms with Crippen LogP contribution < -0.4 is 5.32 Å². The van der Waals surface area contributed by atoms with Gasteiger partial charge in [-0.15, -0.1) is 0 Å². The van der Waals surface area contributed by atoms with Crippen LogP contribution in [0.2, 0.25) is 0 Å². The van der Waals surface area contributed by atoms with Gasteiger partial charge in [-0.05, 0) is 12.1 Å². The topological polar surface area (TPSA) is 70.9 Å². The molecule has 5 heteroatoms. The van der Waals surface area contributed by atoms with E-state index >= 15 is 0 Å². The minimum Gasteiger partial charge on any atom is -0.469 e. The van der Waals surface area contributed by atoms with Crippen LogP contribution in [0.3, 0.4) is 0 Å². The maximum absolute atomic E-state index is 11.8. The lowest BCUT2D eigenvalue weighted by Crippen LogP contribution is -2.23. The second kappa shape index (κ2) is 4.65. The molecule has 0 atom stereocenters. The Bertz CT molecular complexity index is 459. The SMILES string of the molecule is CCc1occc1C(=O)NCc1ccn[nH]1. The largest absolute Gasteiger partial charge is 0.469 e. The smallest absolute Gasteiger partial charge is 0.255 e. The van der Waals surface area contributed by atoms with Gasteiger partial charge in [-0.25, -0.2) is 0 Å². The van der Waals surface area contributed by atoms with Crippen LogP contribution in [0.1, 0.15) is 28.7 Å². The van der Waals surface area contributed by atoms with E-state index in [0.717, 1.165) is 5.69 Å². The maximum atomic E-state index is 11.8. The first-order valence-corrected chi connectivity index (χ1v) is 5.14. The normalized spacial score (nSPS) is 10.3. The van der Waals surface area contributed by atoms with E-state index in [-0.39, 0.29) is 5.91 Å². The number of H-pyrrole nitrogens is 1. The Morgan fingerprint density at radius 1 is 1.56 bits per heavy atom. The molecular weight excluding hydrogens is 206 g/mol. The quantitative estimate of drug-likeness (QED) is 0.818. The van der Waals surface area contributed by atoms with Crippen LogP contribution >= 0.6 is 0 Å². The molecule has 0 aliphatic carbocycles. The molecule has 1 amide bonds. The molecule has 0 unspecified atom stereocenters. The number of amides is 1. The Kier molecular flexibility index (Phi) is 3.05. The highest BCUT2D eigenvalue weighted by Crippen LogP contribution is 2.10. The van der Waals surface area contributed by atoms with E-state index in [0.29, 0.717) is 24.3 Å². The van der Waals surface area contributed by atoms with Crippen molar-refractivity contribution in [2.45, 2.75) is 19.9 Å². The molecule has 16 heavy (non-hydrogen) atoms. The van der Waals surface area contributed by atoms with Crippen molar-refractivity contribution in [3.8, 4) is 0 Å². The Hall–Kier alpha value is -2.04. The fourth-order valence-corrected chi connectivity index (χ4v) is 1.47. The van der Waals surface area contributed by atoms with Crippen molar-refractivity contribution in [3.05, 3.63) is 41.6 Å². The molecule has 0 fully saturated rings. The van der Waals surface area contributed by atoms with Crippen LogP contribution in [0.5, 0.6) is 0 Å². The van der Waals surface area contributed by atoms with Gasteiger partial charge in [0, 0.05) is 12.6 Å². The molecule has 2 heterocycles. The number of hydrogen-bond donors (Lipinski definition) is 2. The van der Waals surface area contributed by atoms with Crippen molar-refractivity contribution >= 4 is 5.91 Å². The number of carbonyl (C=O) groups excluding carboxylic acids is 1. The zero-order valence-electron chi connectivity index (χ0n) is 8.99. The number of carbonyl (C=O) groups is 1. The van der Waals surface area contributed by atoms with Gasteiger partial charge in [-0.1, -0.05) is 6.92 Å². The van der Waals surface area contributed by atoms with Gasteiger partial charge in [0.15, 0.2) is 0 Å². The third-order valence-electron chi connectivity index (χ3n) is 2.31. The molecule has 0 radical (unpaired) electrons. The Balaban J connectivity index is 1.98. The summed E-state index contributed by atoms with van der Waals surface area (Å²) in [6.07, 6.45) is 3.89. The zero-order valence-corrected chi connectivity index (χ0v) is 8.99. The van der Waals surface area contributed by atoms with Crippen molar-refractivity contribution in [2.24, 2.45) is 0 Å². The number of aryl methyl sites for hydroxylation is 1. The second-order valence-electron chi connectivity index (χ2n) is 3.38. The minimum atomic E-state index is -0.125. The van der Waals surface area contributed by atoms with Crippen molar-refractivity contribution in [1.29, 1.82) is 0 Å². The number of aromatic nitrogens is 2. The van der Waals surface area contributed by atoms with E-state index in [2.05, 4.69) is 15.5 Å². The summed E-state index contributed by atoms with van der Waals surface area (Å²) >= 11 is 0. The summed E-state index contributed by atoms with van der Waals surface area (Å²) in [5.41, 5.74) is 1.47. The molecule has 0 aliphatic heterocycles. The summed E-state index contributed by atoms with van der Waals surface area (Å²) in [6.45, 7) is 2.39. The highest BCUT2D eigenvalue weighted by atomic mass is 16.3. The van der Waals surface area contributed by atoms with Crippen LogP contribution in [-0.2, 0) is 13.0 Å². The third kappa shape index (κ3) is 2.13. The number of nitrogens with zero attached hydrogens (tertiary/aromatic N) is 1. The van der Waals surface area contributed by atoms with Gasteiger partial charge in [0.1, 0.15) is 5.76 Å². The predicted octanol–water partition coefficient (Wildman–Crippen LogP) is 1.50. The van der Waals surface area contributed by atoms with Gasteiger partial charge in [0.05, 0.1) is 24.1 Å². The number of furan rings is 1. The first-order valence-electron chi connectivity index (χ1n) is 5.14. The van der Waals surface area contributed by atoms with E-state index in [1.165, 1.54) is 6.26 Å². The Morgan fingerprint density at radius 2 is 2.44 bits per heavy atom. The molecule has 0 aliphatic rings. The summed E-state index contributed by atoms with van der Waals surface area (Å²) < 4.78 is 5.19. The summed E-state index contributed by atoms with van der Waals surface area (Å²) in [5, 5.41) is 9.37. The minimum absolute atomic E-state index is 0.125. The molecule has 0 bridgehead atoms. The number of hydrogen-bond acceptors (Lipinski definition) is 3. The molecule has 5 nitrogen and oxygen atoms in total. The standard InChI is InChI=1S/C11H13N3O2/c1-2-10-9(4-6-16-10)11(15)12-7-8-3-5-13-14-8/h3-6H,2,7H2,1H3,(H,12,15)(H,13,14). The number of nitrogens with one attached hydrogen (secondary N) is 2. The molecule has 2 aromatic heterocycles. The molecule has 0 saturated carbocycles. The van der Waals surface area contributed by atoms with Crippen LogP contribution in [0, 0.1) is 0 Å². The fraction of sp³-hybridized carbons (Fsp3) is 0.273. The van der Waals surface area contributed by atoms with Gasteiger partial charge in [0.25, 0.3) is 5.91 Å². The first-order chi connectivity index (χ1) is 7.81. The summed E-state index contributed by atoms with van der Waals surface area (Å²) in [7, 11) is 0. The number of aromatic amines is 1. The van der Waals surface area contributed by atoms with Crippen molar-refractivity contribution in [3.63, 3.8) is 0 Å². The lowest BCUT2D eigenvalue weighted by molar-refractivity contribution is 0.0948. The average Bonchev–Trinajstić information content (AvgIpc) is 2.96. The Morgan fingerprint density at radius 3 is 3.12 bits per heavy atom. The zero-order chi connectivity index (χ0) is 11.4. The summed E-state index contributed by atoms with van der Waals surface area (Å²) in [4.78, 5) is 11.8. The summed E-state index contributed by atoms with van der Waals surface area (Å²) in [6, 6.07) is 3.50. The maximum Gasteiger partial charge on any atom is 0.255 e. The van der Waals surface area contributed by atoms with Crippen molar-refractivity contribution in [2.75, 3.05) is 0 Å². The summed E-state index contributed by atoms with van der Waals surface area (Å²) in [5.74, 6) is 0.585. The third-order valence-corrected chi connectivity index (χ3v) is 2.31. The lowest BCUT2D eigenvalue weighted by Gasteiger charge is -2.02. The van der Waals surface area contributed by atoms with Crippen LogP contribution in [0.4, 0.5) is 0 Å². The van der Waals surface area contributed by atoms with E-state index in [1.807, 2.05) is 13.0 Å². The van der Waals surface area contributed by atoms with Gasteiger partial charge < -0.3 is 9.73 Å². The van der Waals surface area contributed by atoms with Gasteiger partial charge in [-0.3, -0.25) is 9.89 Å². The van der Waals surface area contributed by atoms with Crippen LogP contribution in [0.15, 0.2) is 29.0 Å². The predicted molar refractivity (Wildman–Crippen MR) is 57.8 cm³/mol. The monoisotopic (exact) mass is 219 g/mol. The van der Waals surface area contributed by atoms with Crippen molar-refractivity contribution in [1.82, 2.24) is 15.5 Å². The lowest BCUT2D eigenvalue weighted by atomic mass is 10.2. The molecule has 2 N–H and O–H groups in total. The number of rotatable bonds is 4. The molecule has 2 rings (SSSR count). The van der Waals surface area contributed by atoms with E-state index in [4.69, 9.17) is 4.42 Å². The van der Waals surface area contributed by atoms with E-state index < -0.39 is 0 Å². The van der Waals surface area contributed by atoms with Gasteiger partial charge in [-0.2, -0.15) is 5.10 Å². The fourth-order valence-electron chi connectivity index (χ4n) is 1.47. The second-order valence-corrected chi connectivity index (χ2v) is 3.38. The molecule has 2 aromatic rings. The molecule has 0 saturated heterocycles. The van der Waals surface area contributed by atoms with Crippen LogP contribution in [0.25, 0.3) is 0 Å². The van der Waals surface area contributed by atoms with Crippen LogP contribution in [-0.4, -0.2) is 16.1 Å². The van der Waals surface area contributed by atoms with E-state index in [1.54, 1.807) is 12.3 Å². The highest BCUT2D eigenvalue weighted by molar-refractivity contribution is 5.95. The van der Waals surface area contributed by atoms with Gasteiger partial charge in [0.2, 0.25) is 0 Å².